The molecular formula is C28H19ClN2. The van der Waals surface area contributed by atoms with Crippen LogP contribution in [0.15, 0.2) is 97.6 Å². The Hall–Kier alpha value is -3.75. The maximum atomic E-state index is 6.44. The lowest BCUT2D eigenvalue weighted by atomic mass is 9.86. The van der Waals surface area contributed by atoms with Crippen molar-refractivity contribution >= 4 is 55.9 Å². The first kappa shape index (κ1) is 18.1. The number of benzene rings is 5. The zero-order valence-electron chi connectivity index (χ0n) is 16.8. The van der Waals surface area contributed by atoms with Crippen LogP contribution in [0.25, 0.3) is 38.4 Å². The minimum Gasteiger partial charge on any atom is -0.397 e. The number of fused-ring (bicyclic) bond motifs is 6. The Labute approximate surface area is 185 Å². The van der Waals surface area contributed by atoms with Gasteiger partial charge in [-0.05, 0) is 63.5 Å². The Morgan fingerprint density at radius 3 is 2.32 bits per heavy atom. The first-order valence-electron chi connectivity index (χ1n) is 10.2. The molecule has 0 amide bonds. The van der Waals surface area contributed by atoms with Gasteiger partial charge in [0.25, 0.3) is 0 Å². The van der Waals surface area contributed by atoms with Crippen LogP contribution in [0.5, 0.6) is 0 Å². The summed E-state index contributed by atoms with van der Waals surface area (Å²) >= 11 is 6.30. The number of hydrogen-bond donors (Lipinski definition) is 1. The molecule has 0 atom stereocenters. The van der Waals surface area contributed by atoms with E-state index in [9.17, 15) is 0 Å². The summed E-state index contributed by atoms with van der Waals surface area (Å²) in [6.45, 7) is 4.55. The molecule has 3 heteroatoms. The topological polar surface area (TPSA) is 29.3 Å². The van der Waals surface area contributed by atoms with Crippen molar-refractivity contribution in [2.24, 2.45) is 0 Å². The number of nitrogens with two attached hydrogens (primary N) is 1. The molecule has 1 heterocycles. The van der Waals surface area contributed by atoms with E-state index in [0.29, 0.717) is 5.69 Å². The molecule has 2 N–H and O–H groups in total. The maximum Gasteiger partial charge on any atom is 0.0691 e. The van der Waals surface area contributed by atoms with Gasteiger partial charge in [-0.25, -0.2) is 0 Å². The summed E-state index contributed by atoms with van der Waals surface area (Å²) in [5, 5.41) is 5.34. The molecule has 5 aromatic rings. The normalized spacial score (nSPS) is 12.8. The van der Waals surface area contributed by atoms with Crippen molar-refractivity contribution in [3.8, 4) is 11.1 Å². The fraction of sp³-hybridized carbons (Fsp3) is 0. The fourth-order valence-electron chi connectivity index (χ4n) is 4.69. The van der Waals surface area contributed by atoms with E-state index < -0.39 is 0 Å². The molecule has 148 valence electrons. The first-order valence-corrected chi connectivity index (χ1v) is 10.6. The maximum absolute atomic E-state index is 6.44. The predicted octanol–water partition coefficient (Wildman–Crippen LogP) is 8.02. The van der Waals surface area contributed by atoms with Crippen LogP contribution in [0.2, 0.25) is 5.02 Å². The quantitative estimate of drug-likeness (QED) is 0.279. The Balaban J connectivity index is 1.76. The summed E-state index contributed by atoms with van der Waals surface area (Å²) in [4.78, 5) is 2.18. The average molecular weight is 419 g/mol. The van der Waals surface area contributed by atoms with Crippen LogP contribution in [0.1, 0.15) is 5.56 Å². The van der Waals surface area contributed by atoms with Crippen molar-refractivity contribution in [1.82, 2.24) is 0 Å². The minimum atomic E-state index is 0.712. The lowest BCUT2D eigenvalue weighted by Gasteiger charge is -2.36. The molecule has 0 saturated heterocycles. The van der Waals surface area contributed by atoms with E-state index in [1.807, 2.05) is 36.4 Å². The van der Waals surface area contributed by atoms with Crippen molar-refractivity contribution < 1.29 is 0 Å². The molecule has 0 aromatic heterocycles. The molecule has 0 unspecified atom stereocenters. The molecule has 0 aliphatic carbocycles. The highest BCUT2D eigenvalue weighted by molar-refractivity contribution is 6.31. The van der Waals surface area contributed by atoms with Gasteiger partial charge in [0, 0.05) is 21.8 Å². The number of nitrogen functional groups attached to an aromatic ring is 1. The molecule has 0 saturated carbocycles. The smallest absolute Gasteiger partial charge is 0.0691 e. The van der Waals surface area contributed by atoms with Gasteiger partial charge < -0.3 is 10.6 Å². The third kappa shape index (κ3) is 2.66. The Morgan fingerprint density at radius 1 is 0.677 bits per heavy atom. The van der Waals surface area contributed by atoms with Gasteiger partial charge in [0.2, 0.25) is 0 Å². The molecule has 1 aliphatic rings. The molecule has 31 heavy (non-hydrogen) atoms. The number of nitrogens with zero attached hydrogens (tertiary/aromatic N) is 1. The second kappa shape index (κ2) is 6.63. The number of hydrogen-bond acceptors (Lipinski definition) is 2. The summed E-state index contributed by atoms with van der Waals surface area (Å²) < 4.78 is 0. The molecule has 5 aromatic carbocycles. The summed E-state index contributed by atoms with van der Waals surface area (Å²) in [5.41, 5.74) is 13.5. The summed E-state index contributed by atoms with van der Waals surface area (Å²) in [6, 6.07) is 31.2. The summed E-state index contributed by atoms with van der Waals surface area (Å²) in [6.07, 6.45) is 0. The van der Waals surface area contributed by atoms with Gasteiger partial charge in [0.15, 0.2) is 0 Å². The van der Waals surface area contributed by atoms with E-state index in [1.165, 1.54) is 16.3 Å². The number of para-hydroxylation sites is 2. The summed E-state index contributed by atoms with van der Waals surface area (Å²) in [5.74, 6) is 0. The second-order valence-electron chi connectivity index (χ2n) is 7.91. The third-order valence-corrected chi connectivity index (χ3v) is 6.35. The van der Waals surface area contributed by atoms with Gasteiger partial charge in [0.05, 0.1) is 17.1 Å². The lowest BCUT2D eigenvalue weighted by molar-refractivity contribution is 1.29. The van der Waals surface area contributed by atoms with E-state index in [2.05, 4.69) is 66.1 Å². The van der Waals surface area contributed by atoms with Crippen LogP contribution in [0.3, 0.4) is 0 Å². The first-order chi connectivity index (χ1) is 15.1. The van der Waals surface area contributed by atoms with Gasteiger partial charge in [-0.3, -0.25) is 0 Å². The average Bonchev–Trinajstić information content (AvgIpc) is 2.79. The molecule has 0 bridgehead atoms. The van der Waals surface area contributed by atoms with Gasteiger partial charge in [-0.1, -0.05) is 72.8 Å². The SMILES string of the molecule is C=C1c2c(ccc3ccccc23)-c2cc3ccc(Cl)cc3cc2N1c1ccccc1N. The van der Waals surface area contributed by atoms with E-state index in [1.54, 1.807) is 0 Å². The monoisotopic (exact) mass is 418 g/mol. The molecule has 0 fully saturated rings. The van der Waals surface area contributed by atoms with Crippen LogP contribution in [-0.4, -0.2) is 0 Å². The zero-order chi connectivity index (χ0) is 21.1. The molecule has 6 rings (SSSR count). The summed E-state index contributed by atoms with van der Waals surface area (Å²) in [7, 11) is 0. The number of anilines is 3. The van der Waals surface area contributed by atoms with Crippen molar-refractivity contribution in [1.29, 1.82) is 0 Å². The van der Waals surface area contributed by atoms with Crippen molar-refractivity contribution in [3.63, 3.8) is 0 Å². The highest BCUT2D eigenvalue weighted by atomic mass is 35.5. The molecule has 2 nitrogen and oxygen atoms in total. The zero-order valence-corrected chi connectivity index (χ0v) is 17.5. The van der Waals surface area contributed by atoms with Crippen LogP contribution in [0.4, 0.5) is 17.1 Å². The van der Waals surface area contributed by atoms with Crippen LogP contribution in [-0.2, 0) is 0 Å². The second-order valence-corrected chi connectivity index (χ2v) is 8.35. The number of halogens is 1. The van der Waals surface area contributed by atoms with Crippen LogP contribution >= 0.6 is 11.6 Å². The van der Waals surface area contributed by atoms with Gasteiger partial charge in [-0.15, -0.1) is 0 Å². The lowest BCUT2D eigenvalue weighted by Crippen LogP contribution is -2.21. The minimum absolute atomic E-state index is 0.712. The number of rotatable bonds is 1. The Morgan fingerprint density at radius 2 is 1.45 bits per heavy atom. The van der Waals surface area contributed by atoms with E-state index in [-0.39, 0.29) is 0 Å². The van der Waals surface area contributed by atoms with E-state index in [4.69, 9.17) is 17.3 Å². The molecule has 1 aliphatic heterocycles. The highest BCUT2D eigenvalue weighted by Crippen LogP contribution is 2.51. The van der Waals surface area contributed by atoms with Gasteiger partial charge >= 0.3 is 0 Å². The Kier molecular flexibility index (Phi) is 3.86. The molecule has 0 spiro atoms. The third-order valence-electron chi connectivity index (χ3n) is 6.11. The van der Waals surface area contributed by atoms with Crippen molar-refractivity contribution in [2.75, 3.05) is 10.6 Å². The van der Waals surface area contributed by atoms with Crippen LogP contribution < -0.4 is 10.6 Å². The predicted molar refractivity (Wildman–Crippen MR) is 134 cm³/mol. The Bertz CT molecular complexity index is 1530. The fourth-order valence-corrected chi connectivity index (χ4v) is 4.87. The highest BCUT2D eigenvalue weighted by Gasteiger charge is 2.29. The standard InChI is InChI=1S/C28H19ClN2/c1-17-28-22-7-3-2-6-18(22)11-13-23(28)24-15-19-10-12-21(29)14-20(19)16-27(24)31(17)26-9-5-4-8-25(26)30/h2-16H,1,30H2. The van der Waals surface area contributed by atoms with Gasteiger partial charge in [-0.2, -0.15) is 0 Å². The van der Waals surface area contributed by atoms with Crippen molar-refractivity contribution in [2.45, 2.75) is 0 Å². The van der Waals surface area contributed by atoms with E-state index in [0.717, 1.165) is 44.0 Å². The largest absolute Gasteiger partial charge is 0.397 e. The van der Waals surface area contributed by atoms with Gasteiger partial charge in [0.1, 0.15) is 0 Å². The van der Waals surface area contributed by atoms with Crippen LogP contribution in [0, 0.1) is 0 Å². The molecular weight excluding hydrogens is 400 g/mol. The van der Waals surface area contributed by atoms with E-state index >= 15 is 0 Å². The van der Waals surface area contributed by atoms with Crippen molar-refractivity contribution in [3.05, 3.63) is 108 Å². The molecule has 0 radical (unpaired) electrons.